The van der Waals surface area contributed by atoms with Gasteiger partial charge >= 0.3 is 6.03 Å². The SMILES string of the molecule is CN1C(=O)N(Cc2ccc(Cl)c(Cl)c2)C(=O)C2C1N=C(Br)N2C. The first-order chi connectivity index (χ1) is 10.8. The van der Waals surface area contributed by atoms with Crippen molar-refractivity contribution in [3.8, 4) is 0 Å². The predicted molar refractivity (Wildman–Crippen MR) is 91.9 cm³/mol. The first-order valence-corrected chi connectivity index (χ1v) is 8.34. The van der Waals surface area contributed by atoms with Gasteiger partial charge in [0.1, 0.15) is 0 Å². The summed E-state index contributed by atoms with van der Waals surface area (Å²) in [4.78, 5) is 34.0. The summed E-state index contributed by atoms with van der Waals surface area (Å²) in [5, 5.41) is 0.813. The summed E-state index contributed by atoms with van der Waals surface area (Å²) >= 11 is 15.2. The highest BCUT2D eigenvalue weighted by Crippen LogP contribution is 2.30. The molecule has 2 heterocycles. The number of rotatable bonds is 2. The van der Waals surface area contributed by atoms with Crippen molar-refractivity contribution in [1.82, 2.24) is 14.7 Å². The average Bonchev–Trinajstić information content (AvgIpc) is 2.81. The maximum atomic E-state index is 12.8. The van der Waals surface area contributed by atoms with Crippen LogP contribution in [0.1, 0.15) is 5.56 Å². The zero-order valence-electron chi connectivity index (χ0n) is 12.3. The van der Waals surface area contributed by atoms with Gasteiger partial charge in [0.05, 0.1) is 16.6 Å². The Bertz CT molecular complexity index is 727. The van der Waals surface area contributed by atoms with Crippen LogP contribution in [-0.2, 0) is 11.3 Å². The van der Waals surface area contributed by atoms with Gasteiger partial charge < -0.3 is 9.80 Å². The van der Waals surface area contributed by atoms with Gasteiger partial charge in [0.25, 0.3) is 5.91 Å². The maximum absolute atomic E-state index is 12.8. The molecule has 0 radical (unpaired) electrons. The van der Waals surface area contributed by atoms with Crippen LogP contribution in [0.2, 0.25) is 10.0 Å². The number of amides is 3. The summed E-state index contributed by atoms with van der Waals surface area (Å²) in [7, 11) is 3.40. The van der Waals surface area contributed by atoms with Crippen molar-refractivity contribution in [3.05, 3.63) is 33.8 Å². The number of halogens is 3. The number of amidine groups is 1. The van der Waals surface area contributed by atoms with E-state index in [9.17, 15) is 9.59 Å². The Morgan fingerprint density at radius 1 is 1.17 bits per heavy atom. The smallest absolute Gasteiger partial charge is 0.328 e. The molecule has 2 unspecified atom stereocenters. The van der Waals surface area contributed by atoms with Crippen molar-refractivity contribution in [2.24, 2.45) is 4.99 Å². The van der Waals surface area contributed by atoms with Crippen molar-refractivity contribution in [2.45, 2.75) is 18.8 Å². The highest BCUT2D eigenvalue weighted by atomic mass is 79.9. The van der Waals surface area contributed by atoms with Crippen molar-refractivity contribution in [3.63, 3.8) is 0 Å². The van der Waals surface area contributed by atoms with Crippen molar-refractivity contribution >= 4 is 55.8 Å². The summed E-state index contributed by atoms with van der Waals surface area (Å²) in [5.41, 5.74) is 0.730. The summed E-state index contributed by atoms with van der Waals surface area (Å²) in [6.45, 7) is 0.133. The summed E-state index contributed by atoms with van der Waals surface area (Å²) in [6, 6.07) is 4.12. The van der Waals surface area contributed by atoms with Gasteiger partial charge in [-0.1, -0.05) is 29.3 Å². The number of benzene rings is 1. The van der Waals surface area contributed by atoms with Crippen LogP contribution >= 0.6 is 39.1 Å². The average molecular weight is 420 g/mol. The minimum absolute atomic E-state index is 0.133. The van der Waals surface area contributed by atoms with Crippen LogP contribution in [0, 0.1) is 0 Å². The van der Waals surface area contributed by atoms with Crippen LogP contribution in [0.15, 0.2) is 23.2 Å². The molecule has 1 saturated heterocycles. The zero-order valence-corrected chi connectivity index (χ0v) is 15.4. The number of nitrogens with zero attached hydrogens (tertiary/aromatic N) is 4. The van der Waals surface area contributed by atoms with E-state index >= 15 is 0 Å². The van der Waals surface area contributed by atoms with Crippen LogP contribution < -0.4 is 0 Å². The van der Waals surface area contributed by atoms with Gasteiger partial charge in [0.2, 0.25) is 0 Å². The summed E-state index contributed by atoms with van der Waals surface area (Å²) < 4.78 is 0.553. The summed E-state index contributed by atoms with van der Waals surface area (Å²) in [5.74, 6) is -0.287. The number of fused-ring (bicyclic) bond motifs is 1. The highest BCUT2D eigenvalue weighted by Gasteiger charge is 2.50. The number of hydrogen-bond acceptors (Lipinski definition) is 4. The third-order valence-electron chi connectivity index (χ3n) is 4.00. The fraction of sp³-hybridized carbons (Fsp3) is 0.357. The molecular formula is C14H13BrCl2N4O2. The number of likely N-dealkylation sites (N-methyl/N-ethyl adjacent to an activating group) is 2. The molecule has 0 aliphatic carbocycles. The van der Waals surface area contributed by atoms with E-state index in [-0.39, 0.29) is 18.5 Å². The van der Waals surface area contributed by atoms with E-state index in [2.05, 4.69) is 20.9 Å². The second-order valence-corrected chi connectivity index (χ2v) is 6.96. The lowest BCUT2D eigenvalue weighted by atomic mass is 10.1. The molecule has 9 heteroatoms. The lowest BCUT2D eigenvalue weighted by Gasteiger charge is -2.40. The molecule has 0 spiro atoms. The lowest BCUT2D eigenvalue weighted by Crippen LogP contribution is -2.64. The second-order valence-electron chi connectivity index (χ2n) is 5.43. The van der Waals surface area contributed by atoms with Gasteiger partial charge in [-0.25, -0.2) is 9.79 Å². The van der Waals surface area contributed by atoms with Crippen LogP contribution in [-0.4, -0.2) is 57.7 Å². The molecule has 0 N–H and O–H groups in total. The number of aliphatic imine (C=N–C) groups is 1. The minimum atomic E-state index is -0.533. The monoisotopic (exact) mass is 418 g/mol. The zero-order chi connectivity index (χ0) is 16.9. The van der Waals surface area contributed by atoms with E-state index in [0.29, 0.717) is 14.8 Å². The van der Waals surface area contributed by atoms with Crippen LogP contribution in [0.3, 0.4) is 0 Å². The molecule has 0 saturated carbocycles. The lowest BCUT2D eigenvalue weighted by molar-refractivity contribution is -0.137. The molecule has 3 amide bonds. The van der Waals surface area contributed by atoms with Crippen LogP contribution in [0.25, 0.3) is 0 Å². The number of hydrogen-bond donors (Lipinski definition) is 0. The molecule has 23 heavy (non-hydrogen) atoms. The molecule has 2 aliphatic heterocycles. The van der Waals surface area contributed by atoms with Crippen molar-refractivity contribution < 1.29 is 9.59 Å². The number of carbonyl (C=O) groups is 2. The molecule has 2 aliphatic rings. The molecule has 1 aromatic rings. The van der Waals surface area contributed by atoms with E-state index in [4.69, 9.17) is 23.2 Å². The Morgan fingerprint density at radius 2 is 1.87 bits per heavy atom. The molecular weight excluding hydrogens is 407 g/mol. The molecule has 1 aromatic carbocycles. The Kier molecular flexibility index (Phi) is 4.29. The topological polar surface area (TPSA) is 56.2 Å². The molecule has 2 atom stereocenters. The van der Waals surface area contributed by atoms with E-state index in [1.165, 1.54) is 9.80 Å². The quantitative estimate of drug-likeness (QED) is 0.692. The van der Waals surface area contributed by atoms with Gasteiger partial charge in [-0.2, -0.15) is 0 Å². The van der Waals surface area contributed by atoms with E-state index in [1.54, 1.807) is 37.2 Å². The van der Waals surface area contributed by atoms with Gasteiger partial charge in [0, 0.05) is 14.1 Å². The van der Waals surface area contributed by atoms with E-state index < -0.39 is 12.2 Å². The Balaban J connectivity index is 1.89. The second kappa shape index (κ2) is 5.96. The van der Waals surface area contributed by atoms with Crippen LogP contribution in [0.5, 0.6) is 0 Å². The Labute approximate surface area is 151 Å². The summed E-state index contributed by atoms with van der Waals surface area (Å²) in [6.07, 6.45) is -0.514. The molecule has 1 fully saturated rings. The maximum Gasteiger partial charge on any atom is 0.328 e. The molecule has 3 rings (SSSR count). The molecule has 122 valence electrons. The van der Waals surface area contributed by atoms with Gasteiger partial charge in [-0.15, -0.1) is 0 Å². The van der Waals surface area contributed by atoms with E-state index in [1.807, 2.05) is 0 Å². The fourth-order valence-electron chi connectivity index (χ4n) is 2.70. The van der Waals surface area contributed by atoms with Gasteiger partial charge in [-0.05, 0) is 33.6 Å². The number of urea groups is 1. The fourth-order valence-corrected chi connectivity index (χ4v) is 3.45. The highest BCUT2D eigenvalue weighted by molar-refractivity contribution is 9.18. The molecule has 0 bridgehead atoms. The van der Waals surface area contributed by atoms with Crippen molar-refractivity contribution in [1.29, 1.82) is 0 Å². The third kappa shape index (κ3) is 2.70. The van der Waals surface area contributed by atoms with Gasteiger partial charge in [-0.3, -0.25) is 9.69 Å². The Morgan fingerprint density at radius 3 is 2.52 bits per heavy atom. The first-order valence-electron chi connectivity index (χ1n) is 6.79. The van der Waals surface area contributed by atoms with Crippen LogP contribution in [0.4, 0.5) is 4.79 Å². The van der Waals surface area contributed by atoms with Gasteiger partial charge in [0.15, 0.2) is 17.0 Å². The predicted octanol–water partition coefficient (Wildman–Crippen LogP) is 2.78. The number of carbonyl (C=O) groups excluding carboxylic acids is 2. The van der Waals surface area contributed by atoms with E-state index in [0.717, 1.165) is 5.56 Å². The first kappa shape index (κ1) is 16.5. The minimum Gasteiger partial charge on any atom is -0.338 e. The normalized spacial score (nSPS) is 24.2. The Hall–Kier alpha value is -1.31. The molecule has 0 aromatic heterocycles. The molecule has 6 nitrogen and oxygen atoms in total. The van der Waals surface area contributed by atoms with Crippen molar-refractivity contribution in [2.75, 3.05) is 14.1 Å². The third-order valence-corrected chi connectivity index (χ3v) is 5.51. The number of imide groups is 1. The standard InChI is InChI=1S/C14H13BrCl2N4O2/c1-19-10-11(18-13(19)15)20(2)14(23)21(12(10)22)6-7-3-4-8(16)9(17)5-7/h3-5,10-11H,6H2,1-2H3. The largest absolute Gasteiger partial charge is 0.338 e.